The standard InChI is InChI=1S/C24H26N8OS/c1-32-13-16-8-7-15-9-19(10-17(14-32)22(15)16)27-24-26-12-18(11-25)23(30-24)29-20-5-4-6-21(28-20)31-34(2,3)33/h4-6,9-10,12,16H,7-8,13-14H2,1-3H3,(H2,26,27,28,29,30)/t16-/m1/s1. The van der Waals surface area contributed by atoms with E-state index in [-0.39, 0.29) is 5.56 Å². The van der Waals surface area contributed by atoms with E-state index in [0.717, 1.165) is 25.2 Å². The molecule has 10 heteroatoms. The van der Waals surface area contributed by atoms with Crippen molar-refractivity contribution in [2.45, 2.75) is 25.3 Å². The second-order valence-corrected chi connectivity index (χ2v) is 11.7. The van der Waals surface area contributed by atoms with Gasteiger partial charge >= 0.3 is 0 Å². The molecule has 0 saturated heterocycles. The Kier molecular flexibility index (Phi) is 5.67. The molecule has 34 heavy (non-hydrogen) atoms. The Labute approximate surface area is 199 Å². The Bertz CT molecular complexity index is 1430. The molecule has 1 atom stereocenters. The van der Waals surface area contributed by atoms with Gasteiger partial charge in [-0.25, -0.2) is 14.2 Å². The molecular formula is C24H26N8OS. The van der Waals surface area contributed by atoms with E-state index in [0.29, 0.717) is 29.3 Å². The lowest BCUT2D eigenvalue weighted by Crippen LogP contribution is -2.29. The highest BCUT2D eigenvalue weighted by Crippen LogP contribution is 2.41. The maximum Gasteiger partial charge on any atom is 0.229 e. The Hall–Kier alpha value is -3.55. The molecule has 174 valence electrons. The van der Waals surface area contributed by atoms with Crippen LogP contribution in [0, 0.1) is 11.3 Å². The van der Waals surface area contributed by atoms with E-state index in [1.54, 1.807) is 30.7 Å². The van der Waals surface area contributed by atoms with E-state index in [4.69, 9.17) is 0 Å². The fourth-order valence-electron chi connectivity index (χ4n) is 4.74. The van der Waals surface area contributed by atoms with Crippen LogP contribution in [0.1, 0.15) is 34.6 Å². The number of aromatic nitrogens is 3. The molecule has 2 aliphatic rings. The molecule has 9 nitrogen and oxygen atoms in total. The number of nitrogens with one attached hydrogen (secondary N) is 2. The van der Waals surface area contributed by atoms with E-state index in [1.807, 2.05) is 0 Å². The summed E-state index contributed by atoms with van der Waals surface area (Å²) in [6.45, 7) is 2.06. The van der Waals surface area contributed by atoms with Gasteiger partial charge in [0.15, 0.2) is 11.6 Å². The molecule has 1 aliphatic carbocycles. The van der Waals surface area contributed by atoms with Gasteiger partial charge in [0.25, 0.3) is 0 Å². The van der Waals surface area contributed by atoms with Gasteiger partial charge in [0, 0.05) is 41.0 Å². The number of benzene rings is 1. The molecule has 0 radical (unpaired) electrons. The van der Waals surface area contributed by atoms with E-state index in [1.165, 1.54) is 29.3 Å². The second-order valence-electron chi connectivity index (χ2n) is 9.11. The van der Waals surface area contributed by atoms with Crippen LogP contribution in [0.4, 0.5) is 29.1 Å². The van der Waals surface area contributed by atoms with E-state index in [9.17, 15) is 9.47 Å². The zero-order valence-electron chi connectivity index (χ0n) is 19.4. The minimum Gasteiger partial charge on any atom is -0.324 e. The maximum atomic E-state index is 12.0. The number of likely N-dealkylation sites (N-methyl/N-ethyl adjacent to an activating group) is 1. The summed E-state index contributed by atoms with van der Waals surface area (Å²) < 4.78 is 16.1. The average Bonchev–Trinajstić information content (AvgIpc) is 3.16. The van der Waals surface area contributed by atoms with Gasteiger partial charge in [0.1, 0.15) is 17.5 Å². The highest BCUT2D eigenvalue weighted by Gasteiger charge is 2.30. The van der Waals surface area contributed by atoms with Crippen LogP contribution < -0.4 is 10.6 Å². The predicted octanol–water partition coefficient (Wildman–Crippen LogP) is 4.06. The quantitative estimate of drug-likeness (QED) is 0.568. The number of nitriles is 1. The second kappa shape index (κ2) is 8.66. The van der Waals surface area contributed by atoms with Crippen molar-refractivity contribution in [3.8, 4) is 6.07 Å². The Balaban J connectivity index is 1.43. The van der Waals surface area contributed by atoms with Gasteiger partial charge in [-0.3, -0.25) is 0 Å². The van der Waals surface area contributed by atoms with Gasteiger partial charge in [-0.1, -0.05) is 6.07 Å². The number of nitrogens with zero attached hydrogens (tertiary/aromatic N) is 6. The Morgan fingerprint density at radius 2 is 2.03 bits per heavy atom. The van der Waals surface area contributed by atoms with Crippen LogP contribution in [0.2, 0.25) is 0 Å². The van der Waals surface area contributed by atoms with Gasteiger partial charge < -0.3 is 15.5 Å². The fourth-order valence-corrected chi connectivity index (χ4v) is 5.29. The Morgan fingerprint density at radius 1 is 1.21 bits per heavy atom. The summed E-state index contributed by atoms with van der Waals surface area (Å²) in [6, 6.07) is 11.7. The van der Waals surface area contributed by atoms with Gasteiger partial charge in [0.2, 0.25) is 5.95 Å². The summed E-state index contributed by atoms with van der Waals surface area (Å²) in [5.74, 6) is 2.14. The van der Waals surface area contributed by atoms with Crippen molar-refractivity contribution in [1.82, 2.24) is 19.9 Å². The van der Waals surface area contributed by atoms with Gasteiger partial charge in [-0.2, -0.15) is 14.6 Å². The van der Waals surface area contributed by atoms with Crippen molar-refractivity contribution in [3.05, 3.63) is 58.8 Å². The zero-order valence-corrected chi connectivity index (χ0v) is 20.2. The normalized spacial score (nSPS) is 17.1. The van der Waals surface area contributed by atoms with E-state index >= 15 is 0 Å². The number of hydrogen-bond acceptors (Lipinski definition) is 9. The molecule has 5 rings (SSSR count). The minimum absolute atomic E-state index is 0.290. The maximum absolute atomic E-state index is 12.0. The molecule has 0 saturated carbocycles. The summed E-state index contributed by atoms with van der Waals surface area (Å²) in [6.07, 6.45) is 6.87. The smallest absolute Gasteiger partial charge is 0.229 e. The molecule has 0 fully saturated rings. The van der Waals surface area contributed by atoms with Gasteiger partial charge in [0.05, 0.1) is 6.20 Å². The molecule has 0 bridgehead atoms. The van der Waals surface area contributed by atoms with Crippen LogP contribution in [0.15, 0.2) is 40.9 Å². The predicted molar refractivity (Wildman–Crippen MR) is 133 cm³/mol. The molecule has 3 aromatic rings. The fraction of sp³-hybridized carbons (Fsp3) is 0.333. The molecule has 0 amide bonds. The average molecular weight is 475 g/mol. The van der Waals surface area contributed by atoms with Gasteiger partial charge in [-0.05, 0) is 66.8 Å². The number of rotatable bonds is 5. The highest BCUT2D eigenvalue weighted by atomic mass is 32.2. The molecule has 0 unspecified atom stereocenters. The van der Waals surface area contributed by atoms with E-state index in [2.05, 4.69) is 60.1 Å². The molecule has 2 aromatic heterocycles. The molecule has 0 spiro atoms. The highest BCUT2D eigenvalue weighted by molar-refractivity contribution is 7.92. The van der Waals surface area contributed by atoms with Crippen molar-refractivity contribution >= 4 is 38.8 Å². The lowest BCUT2D eigenvalue weighted by Gasteiger charge is -2.30. The molecule has 1 aromatic carbocycles. The first kappa shape index (κ1) is 22.3. The minimum atomic E-state index is -2.34. The third kappa shape index (κ3) is 4.71. The van der Waals surface area contributed by atoms with Gasteiger partial charge in [-0.15, -0.1) is 0 Å². The largest absolute Gasteiger partial charge is 0.324 e. The molecule has 1 aliphatic heterocycles. The first-order chi connectivity index (χ1) is 16.3. The number of pyridine rings is 1. The molecule has 3 heterocycles. The molecular weight excluding hydrogens is 448 g/mol. The molecule has 2 N–H and O–H groups in total. The number of hydrogen-bond donors (Lipinski definition) is 2. The van der Waals surface area contributed by atoms with Crippen LogP contribution in [0.25, 0.3) is 0 Å². The summed E-state index contributed by atoms with van der Waals surface area (Å²) in [5.41, 5.74) is 5.51. The number of anilines is 4. The summed E-state index contributed by atoms with van der Waals surface area (Å²) in [5, 5.41) is 15.9. The van der Waals surface area contributed by atoms with Crippen LogP contribution in [-0.2, 0) is 22.7 Å². The van der Waals surface area contributed by atoms with Crippen molar-refractivity contribution in [2.75, 3.05) is 36.7 Å². The number of aryl methyl sites for hydroxylation is 1. The third-order valence-electron chi connectivity index (χ3n) is 5.95. The monoisotopic (exact) mass is 474 g/mol. The first-order valence-electron chi connectivity index (χ1n) is 11.1. The van der Waals surface area contributed by atoms with Crippen molar-refractivity contribution < 1.29 is 4.21 Å². The summed E-state index contributed by atoms with van der Waals surface area (Å²) >= 11 is 0. The topological polar surface area (TPSA) is 119 Å². The lowest BCUT2D eigenvalue weighted by atomic mass is 9.91. The SMILES string of the molecule is CN1Cc2cc(Nc3ncc(C#N)c(Nc4cccc(N=S(C)(C)=O)n4)n3)cc3c2[C@H](CC3)C1. The van der Waals surface area contributed by atoms with Crippen molar-refractivity contribution in [3.63, 3.8) is 0 Å². The van der Waals surface area contributed by atoms with Crippen LogP contribution >= 0.6 is 0 Å². The van der Waals surface area contributed by atoms with Crippen molar-refractivity contribution in [2.24, 2.45) is 4.36 Å². The summed E-state index contributed by atoms with van der Waals surface area (Å²) in [4.78, 5) is 15.6. The van der Waals surface area contributed by atoms with Crippen molar-refractivity contribution in [1.29, 1.82) is 5.26 Å². The Morgan fingerprint density at radius 3 is 2.82 bits per heavy atom. The first-order valence-corrected chi connectivity index (χ1v) is 13.4. The van der Waals surface area contributed by atoms with Crippen LogP contribution in [0.5, 0.6) is 0 Å². The van der Waals surface area contributed by atoms with E-state index < -0.39 is 9.73 Å². The zero-order chi connectivity index (χ0) is 23.9. The lowest BCUT2D eigenvalue weighted by molar-refractivity contribution is 0.282. The summed E-state index contributed by atoms with van der Waals surface area (Å²) in [7, 11) is -0.175. The van der Waals surface area contributed by atoms with Crippen LogP contribution in [-0.4, -0.2) is 50.2 Å². The van der Waals surface area contributed by atoms with Crippen LogP contribution in [0.3, 0.4) is 0 Å². The third-order valence-corrected chi connectivity index (χ3v) is 6.58.